The Morgan fingerprint density at radius 3 is 2.50 bits per heavy atom. The van der Waals surface area contributed by atoms with Crippen LogP contribution >= 0.6 is 0 Å². The van der Waals surface area contributed by atoms with E-state index >= 15 is 0 Å². The molecule has 16 heavy (non-hydrogen) atoms. The zero-order valence-corrected chi connectivity index (χ0v) is 11.1. The first-order chi connectivity index (χ1) is 7.50. The van der Waals surface area contributed by atoms with Crippen molar-refractivity contribution in [1.82, 2.24) is 20.1 Å². The molecule has 0 aliphatic heterocycles. The lowest BCUT2D eigenvalue weighted by atomic mass is 10.1. The van der Waals surface area contributed by atoms with Crippen LogP contribution < -0.4 is 5.32 Å². The first-order valence-electron chi connectivity index (χ1n) is 6.12. The number of nitrogens with zero attached hydrogens (tertiary/aromatic N) is 3. The molecule has 0 saturated carbocycles. The largest absolute Gasteiger partial charge is 0.314 e. The van der Waals surface area contributed by atoms with Crippen molar-refractivity contribution in [3.05, 3.63) is 12.2 Å². The van der Waals surface area contributed by atoms with Crippen LogP contribution in [0, 0.1) is 5.92 Å². The molecule has 0 aliphatic carbocycles. The summed E-state index contributed by atoms with van der Waals surface area (Å²) >= 11 is 0. The van der Waals surface area contributed by atoms with Crippen molar-refractivity contribution in [2.75, 3.05) is 0 Å². The highest BCUT2D eigenvalue weighted by molar-refractivity contribution is 4.87. The van der Waals surface area contributed by atoms with E-state index in [2.05, 4.69) is 54.7 Å². The van der Waals surface area contributed by atoms with E-state index in [9.17, 15) is 0 Å². The zero-order valence-electron chi connectivity index (χ0n) is 11.1. The van der Waals surface area contributed by atoms with Crippen molar-refractivity contribution in [3.8, 4) is 0 Å². The minimum Gasteiger partial charge on any atom is -0.314 e. The highest BCUT2D eigenvalue weighted by atomic mass is 15.3. The smallest absolute Gasteiger partial charge is 0.147 e. The molecular formula is C12H24N4. The van der Waals surface area contributed by atoms with Crippen molar-refractivity contribution in [2.45, 2.75) is 59.7 Å². The van der Waals surface area contributed by atoms with Crippen LogP contribution in [0.1, 0.15) is 52.9 Å². The summed E-state index contributed by atoms with van der Waals surface area (Å²) in [5.74, 6) is 1.75. The van der Waals surface area contributed by atoms with Crippen LogP contribution in [0.4, 0.5) is 0 Å². The highest BCUT2D eigenvalue weighted by Gasteiger charge is 2.09. The lowest BCUT2D eigenvalue weighted by molar-refractivity contribution is 0.427. The van der Waals surface area contributed by atoms with Crippen molar-refractivity contribution < 1.29 is 0 Å². The van der Waals surface area contributed by atoms with Crippen LogP contribution in [-0.2, 0) is 6.54 Å². The maximum absolute atomic E-state index is 4.14. The van der Waals surface area contributed by atoms with Crippen molar-refractivity contribution in [3.63, 3.8) is 0 Å². The van der Waals surface area contributed by atoms with Gasteiger partial charge in [0.1, 0.15) is 12.2 Å². The molecule has 4 nitrogen and oxygen atoms in total. The summed E-state index contributed by atoms with van der Waals surface area (Å²) in [6, 6.07) is 0.949. The van der Waals surface area contributed by atoms with Crippen molar-refractivity contribution in [2.24, 2.45) is 5.92 Å². The second-order valence-corrected chi connectivity index (χ2v) is 5.16. The van der Waals surface area contributed by atoms with Crippen LogP contribution in [-0.4, -0.2) is 20.8 Å². The molecule has 0 bridgehead atoms. The minimum absolute atomic E-state index is 0.423. The number of nitrogens with one attached hydrogen (secondary N) is 1. The molecular weight excluding hydrogens is 200 g/mol. The Balaban J connectivity index is 2.45. The summed E-state index contributed by atoms with van der Waals surface area (Å²) in [4.78, 5) is 0. The molecule has 0 saturated heterocycles. The quantitative estimate of drug-likeness (QED) is 0.806. The Kier molecular flexibility index (Phi) is 4.93. The van der Waals surface area contributed by atoms with Gasteiger partial charge in [-0.1, -0.05) is 13.8 Å². The fourth-order valence-corrected chi connectivity index (χ4v) is 1.88. The van der Waals surface area contributed by atoms with Gasteiger partial charge in [-0.05, 0) is 33.1 Å². The highest BCUT2D eigenvalue weighted by Crippen LogP contribution is 2.08. The van der Waals surface area contributed by atoms with Crippen LogP contribution in [0.15, 0.2) is 6.33 Å². The van der Waals surface area contributed by atoms with Gasteiger partial charge in [0.15, 0.2) is 0 Å². The van der Waals surface area contributed by atoms with Gasteiger partial charge in [0, 0.05) is 12.1 Å². The Bertz CT molecular complexity index is 304. The van der Waals surface area contributed by atoms with Gasteiger partial charge in [0.25, 0.3) is 0 Å². The Morgan fingerprint density at radius 1 is 1.25 bits per heavy atom. The summed E-state index contributed by atoms with van der Waals surface area (Å²) in [5, 5.41) is 11.6. The molecule has 4 heteroatoms. The van der Waals surface area contributed by atoms with Crippen LogP contribution in [0.2, 0.25) is 0 Å². The number of aromatic nitrogens is 3. The Hall–Kier alpha value is -0.900. The molecule has 0 fully saturated rings. The summed E-state index contributed by atoms with van der Waals surface area (Å²) < 4.78 is 2.11. The van der Waals surface area contributed by atoms with Gasteiger partial charge < -0.3 is 9.88 Å². The summed E-state index contributed by atoms with van der Waals surface area (Å²) in [6.45, 7) is 11.8. The lowest BCUT2D eigenvalue weighted by Gasteiger charge is -2.16. The average molecular weight is 224 g/mol. The van der Waals surface area contributed by atoms with Gasteiger partial charge in [-0.15, -0.1) is 10.2 Å². The minimum atomic E-state index is 0.423. The van der Waals surface area contributed by atoms with Gasteiger partial charge >= 0.3 is 0 Å². The third-order valence-corrected chi connectivity index (χ3v) is 2.64. The van der Waals surface area contributed by atoms with Crippen molar-refractivity contribution >= 4 is 0 Å². The molecule has 1 aromatic heterocycles. The van der Waals surface area contributed by atoms with Gasteiger partial charge in [-0.25, -0.2) is 0 Å². The van der Waals surface area contributed by atoms with Gasteiger partial charge in [0.05, 0.1) is 6.54 Å². The second kappa shape index (κ2) is 5.99. The van der Waals surface area contributed by atoms with Crippen molar-refractivity contribution in [1.29, 1.82) is 0 Å². The van der Waals surface area contributed by atoms with E-state index < -0.39 is 0 Å². The summed E-state index contributed by atoms with van der Waals surface area (Å²) in [7, 11) is 0. The predicted octanol–water partition coefficient (Wildman–Crippen LogP) is 2.38. The molecule has 0 spiro atoms. The normalized spacial score (nSPS) is 13.7. The lowest BCUT2D eigenvalue weighted by Crippen LogP contribution is -2.28. The molecule has 1 N–H and O–H groups in total. The van der Waals surface area contributed by atoms with E-state index in [1.807, 2.05) is 0 Å². The van der Waals surface area contributed by atoms with Gasteiger partial charge in [-0.3, -0.25) is 0 Å². The first-order valence-corrected chi connectivity index (χ1v) is 6.12. The fourth-order valence-electron chi connectivity index (χ4n) is 1.88. The summed E-state index contributed by atoms with van der Waals surface area (Å²) in [6.07, 6.45) is 2.99. The average Bonchev–Trinajstić information content (AvgIpc) is 2.61. The van der Waals surface area contributed by atoms with Crippen LogP contribution in [0.5, 0.6) is 0 Å². The molecule has 0 radical (unpaired) electrons. The monoisotopic (exact) mass is 224 g/mol. The topological polar surface area (TPSA) is 42.7 Å². The molecule has 1 atom stereocenters. The third-order valence-electron chi connectivity index (χ3n) is 2.64. The molecule has 1 aromatic rings. The zero-order chi connectivity index (χ0) is 12.1. The predicted molar refractivity (Wildman–Crippen MR) is 66.2 cm³/mol. The molecule has 1 rings (SSSR count). The van der Waals surface area contributed by atoms with Crippen LogP contribution in [0.25, 0.3) is 0 Å². The van der Waals surface area contributed by atoms with E-state index in [1.165, 1.54) is 6.42 Å². The number of rotatable bonds is 6. The first kappa shape index (κ1) is 13.2. The maximum atomic E-state index is 4.14. The van der Waals surface area contributed by atoms with E-state index in [4.69, 9.17) is 0 Å². The number of hydrogen-bond donors (Lipinski definition) is 1. The van der Waals surface area contributed by atoms with E-state index in [1.54, 1.807) is 6.33 Å². The van der Waals surface area contributed by atoms with Gasteiger partial charge in [0.2, 0.25) is 0 Å². The van der Waals surface area contributed by atoms with E-state index in [-0.39, 0.29) is 0 Å². The Labute approximate surface area is 98.5 Å². The third kappa shape index (κ3) is 3.93. The molecule has 0 aromatic carbocycles. The number of hydrogen-bond acceptors (Lipinski definition) is 3. The standard InChI is InChI=1S/C12H24N4/c1-9(2)6-11(5)13-7-12-15-14-8-16(12)10(3)4/h8-11,13H,6-7H2,1-5H3. The SMILES string of the molecule is CC(C)CC(C)NCc1nncn1C(C)C. The Morgan fingerprint density at radius 2 is 1.94 bits per heavy atom. The van der Waals surface area contributed by atoms with E-state index in [0.717, 1.165) is 18.3 Å². The molecule has 1 heterocycles. The molecule has 0 amide bonds. The van der Waals surface area contributed by atoms with E-state index in [0.29, 0.717) is 12.1 Å². The maximum Gasteiger partial charge on any atom is 0.147 e. The fraction of sp³-hybridized carbons (Fsp3) is 0.833. The molecule has 0 aliphatic rings. The second-order valence-electron chi connectivity index (χ2n) is 5.16. The summed E-state index contributed by atoms with van der Waals surface area (Å²) in [5.41, 5.74) is 0. The van der Waals surface area contributed by atoms with Crippen LogP contribution in [0.3, 0.4) is 0 Å². The van der Waals surface area contributed by atoms with Gasteiger partial charge in [-0.2, -0.15) is 0 Å². The molecule has 1 unspecified atom stereocenters. The molecule has 92 valence electrons.